The number of para-hydroxylation sites is 2. The van der Waals surface area contributed by atoms with Crippen LogP contribution in [-0.4, -0.2) is 19.4 Å². The molecular formula is C43H24N4O. The Bertz CT molecular complexity index is 3060. The number of rotatable bonds is 3. The number of aromatic nitrogens is 4. The van der Waals surface area contributed by atoms with Crippen LogP contribution < -0.4 is 0 Å². The van der Waals surface area contributed by atoms with Crippen LogP contribution in [0.25, 0.3) is 105 Å². The van der Waals surface area contributed by atoms with Gasteiger partial charge in [-0.1, -0.05) is 121 Å². The molecule has 0 radical (unpaired) electrons. The Morgan fingerprint density at radius 2 is 1.04 bits per heavy atom. The number of hydrogen-bond acceptors (Lipinski definition) is 4. The van der Waals surface area contributed by atoms with Crippen LogP contribution in [-0.2, 0) is 0 Å². The topological polar surface area (TPSA) is 56.2 Å². The quantitative estimate of drug-likeness (QED) is 0.199. The van der Waals surface area contributed by atoms with Crippen molar-refractivity contribution in [2.45, 2.75) is 0 Å². The maximum Gasteiger partial charge on any atom is 0.164 e. The average molecular weight is 613 g/mol. The van der Waals surface area contributed by atoms with Crippen molar-refractivity contribution < 1.29 is 4.42 Å². The van der Waals surface area contributed by atoms with Crippen LogP contribution in [0, 0.1) is 0 Å². The summed E-state index contributed by atoms with van der Waals surface area (Å²) in [5.41, 5.74) is 7.89. The van der Waals surface area contributed by atoms with Gasteiger partial charge in [-0.2, -0.15) is 0 Å². The van der Waals surface area contributed by atoms with Gasteiger partial charge in [0.2, 0.25) is 0 Å². The van der Waals surface area contributed by atoms with Crippen molar-refractivity contribution in [3.63, 3.8) is 0 Å². The molecule has 0 saturated heterocycles. The summed E-state index contributed by atoms with van der Waals surface area (Å²) in [5.74, 6) is 1.87. The summed E-state index contributed by atoms with van der Waals surface area (Å²) in [4.78, 5) is 15.5. The van der Waals surface area contributed by atoms with Crippen LogP contribution in [0.1, 0.15) is 0 Å². The fraction of sp³-hybridized carbons (Fsp3) is 0. The molecule has 4 heterocycles. The lowest BCUT2D eigenvalue weighted by Crippen LogP contribution is -2.01. The highest BCUT2D eigenvalue weighted by Crippen LogP contribution is 2.47. The molecule has 4 aromatic heterocycles. The van der Waals surface area contributed by atoms with Gasteiger partial charge in [0, 0.05) is 32.8 Å². The van der Waals surface area contributed by atoms with Crippen LogP contribution in [0.3, 0.4) is 0 Å². The van der Waals surface area contributed by atoms with Gasteiger partial charge in [0.25, 0.3) is 0 Å². The van der Waals surface area contributed by atoms with Gasteiger partial charge < -0.3 is 8.82 Å². The zero-order chi connectivity index (χ0) is 31.3. The van der Waals surface area contributed by atoms with Gasteiger partial charge in [-0.25, -0.2) is 15.0 Å². The standard InChI is InChI=1S/C43H24N4O/c1-2-13-26(14-3-1)41-44-42(31-21-10-15-25-12-4-5-16-27(25)31)46-43(45-41)33-24-36-38-37-29(19-11-20-30(33)37)28-17-6-8-22-34(28)47-35-23-9-7-18-32(35)40(48-36)39(38)47/h1-24H. The SMILES string of the molecule is c1ccc(-c2nc(-c3cccc4ccccc34)nc(-c3cc4oc5c6ccccc6n6c7ccccc7c7cccc3c7c4c56)n2)cc1. The average Bonchev–Trinajstić information content (AvgIpc) is 3.64. The highest BCUT2D eigenvalue weighted by Gasteiger charge is 2.25. The van der Waals surface area contributed by atoms with Crippen molar-refractivity contribution in [2.24, 2.45) is 0 Å². The van der Waals surface area contributed by atoms with Gasteiger partial charge in [0.05, 0.1) is 16.4 Å². The molecule has 7 aromatic carbocycles. The smallest absolute Gasteiger partial charge is 0.164 e. The molecule has 0 N–H and O–H groups in total. The molecule has 0 aliphatic heterocycles. The van der Waals surface area contributed by atoms with E-state index in [2.05, 4.69) is 120 Å². The number of hydrogen-bond donors (Lipinski definition) is 0. The van der Waals surface area contributed by atoms with Crippen molar-refractivity contribution in [2.75, 3.05) is 0 Å². The van der Waals surface area contributed by atoms with Gasteiger partial charge in [-0.05, 0) is 45.8 Å². The van der Waals surface area contributed by atoms with Crippen molar-refractivity contribution in [1.29, 1.82) is 0 Å². The molecule has 5 heteroatoms. The second-order valence-electron chi connectivity index (χ2n) is 12.4. The summed E-state index contributed by atoms with van der Waals surface area (Å²) < 4.78 is 9.23. The summed E-state index contributed by atoms with van der Waals surface area (Å²) in [7, 11) is 0. The number of nitrogens with zero attached hydrogens (tertiary/aromatic N) is 4. The first kappa shape index (κ1) is 25.6. The fourth-order valence-electron chi connectivity index (χ4n) is 7.72. The number of furan rings is 1. The molecule has 0 fully saturated rings. The van der Waals surface area contributed by atoms with E-state index in [9.17, 15) is 0 Å². The van der Waals surface area contributed by atoms with E-state index in [1.54, 1.807) is 0 Å². The van der Waals surface area contributed by atoms with E-state index in [0.717, 1.165) is 82.1 Å². The molecule has 0 atom stereocenters. The second-order valence-corrected chi connectivity index (χ2v) is 12.4. The van der Waals surface area contributed by atoms with E-state index >= 15 is 0 Å². The zero-order valence-electron chi connectivity index (χ0n) is 25.6. The first-order valence-corrected chi connectivity index (χ1v) is 16.1. The lowest BCUT2D eigenvalue weighted by atomic mass is 9.96. The Kier molecular flexibility index (Phi) is 5.05. The predicted molar refractivity (Wildman–Crippen MR) is 196 cm³/mol. The molecule has 0 unspecified atom stereocenters. The Hall–Kier alpha value is -6.59. The van der Waals surface area contributed by atoms with Gasteiger partial charge in [0.15, 0.2) is 23.1 Å². The molecule has 0 aliphatic rings. The first-order chi connectivity index (χ1) is 23.8. The highest BCUT2D eigenvalue weighted by molar-refractivity contribution is 6.33. The van der Waals surface area contributed by atoms with Gasteiger partial charge in [-0.3, -0.25) is 0 Å². The second kappa shape index (κ2) is 9.47. The summed E-state index contributed by atoms with van der Waals surface area (Å²) >= 11 is 0. The number of benzene rings is 7. The van der Waals surface area contributed by atoms with Crippen LogP contribution in [0.15, 0.2) is 150 Å². The maximum absolute atomic E-state index is 6.86. The van der Waals surface area contributed by atoms with Crippen molar-refractivity contribution in [3.8, 4) is 34.2 Å². The predicted octanol–water partition coefficient (Wildman–Crippen LogP) is 11.1. The van der Waals surface area contributed by atoms with Crippen LogP contribution >= 0.6 is 0 Å². The minimum atomic E-state index is 0.609. The minimum Gasteiger partial charge on any atom is -0.454 e. The summed E-state index contributed by atoms with van der Waals surface area (Å²) in [6.07, 6.45) is 0. The van der Waals surface area contributed by atoms with Crippen LogP contribution in [0.4, 0.5) is 0 Å². The van der Waals surface area contributed by atoms with Gasteiger partial charge in [-0.15, -0.1) is 0 Å². The molecule has 11 aromatic rings. The Morgan fingerprint density at radius 3 is 1.90 bits per heavy atom. The zero-order valence-corrected chi connectivity index (χ0v) is 25.6. The summed E-state index contributed by atoms with van der Waals surface area (Å²) in [5, 5.41) is 9.01. The van der Waals surface area contributed by atoms with Gasteiger partial charge in [0.1, 0.15) is 11.1 Å². The van der Waals surface area contributed by atoms with Crippen molar-refractivity contribution in [1.82, 2.24) is 19.4 Å². The van der Waals surface area contributed by atoms with Crippen molar-refractivity contribution >= 4 is 70.8 Å². The number of fused-ring (bicyclic) bond motifs is 7. The van der Waals surface area contributed by atoms with E-state index in [1.807, 2.05) is 30.3 Å². The molecule has 48 heavy (non-hydrogen) atoms. The Labute approximate surface area is 273 Å². The van der Waals surface area contributed by atoms with Crippen molar-refractivity contribution in [3.05, 3.63) is 146 Å². The molecular weight excluding hydrogens is 589 g/mol. The largest absolute Gasteiger partial charge is 0.454 e. The first-order valence-electron chi connectivity index (χ1n) is 16.1. The molecule has 0 saturated carbocycles. The third-order valence-electron chi connectivity index (χ3n) is 9.78. The molecule has 5 nitrogen and oxygen atoms in total. The maximum atomic E-state index is 6.86. The summed E-state index contributed by atoms with van der Waals surface area (Å²) in [6.45, 7) is 0. The molecule has 222 valence electrons. The van der Waals surface area contributed by atoms with Crippen LogP contribution in [0.5, 0.6) is 0 Å². The van der Waals surface area contributed by atoms with E-state index in [4.69, 9.17) is 19.4 Å². The lowest BCUT2D eigenvalue weighted by Gasteiger charge is -2.12. The molecule has 0 aliphatic carbocycles. The molecule has 0 spiro atoms. The lowest BCUT2D eigenvalue weighted by molar-refractivity contribution is 0.673. The van der Waals surface area contributed by atoms with E-state index in [0.29, 0.717) is 17.5 Å². The molecule has 11 rings (SSSR count). The molecule has 0 bridgehead atoms. The molecule has 0 amide bonds. The Balaban J connectivity index is 1.31. The normalized spacial score (nSPS) is 12.2. The van der Waals surface area contributed by atoms with Crippen LogP contribution in [0.2, 0.25) is 0 Å². The Morgan fingerprint density at radius 1 is 0.438 bits per heavy atom. The minimum absolute atomic E-state index is 0.609. The van der Waals surface area contributed by atoms with Gasteiger partial charge >= 0.3 is 0 Å². The monoisotopic (exact) mass is 612 g/mol. The van der Waals surface area contributed by atoms with E-state index < -0.39 is 0 Å². The van der Waals surface area contributed by atoms with E-state index in [1.165, 1.54) is 5.39 Å². The highest BCUT2D eigenvalue weighted by atomic mass is 16.3. The third kappa shape index (κ3) is 3.42. The van der Waals surface area contributed by atoms with E-state index in [-0.39, 0.29) is 0 Å². The fourth-order valence-corrected chi connectivity index (χ4v) is 7.72. The third-order valence-corrected chi connectivity index (χ3v) is 9.78. The summed E-state index contributed by atoms with van der Waals surface area (Å²) in [6, 6.07) is 50.7.